The molecule has 0 N–H and O–H groups in total. The molecule has 0 atom stereocenters. The Morgan fingerprint density at radius 2 is 2.13 bits per heavy atom. The zero-order valence-electron chi connectivity index (χ0n) is 12.5. The first-order valence-corrected chi connectivity index (χ1v) is 7.75. The number of hydrogen-bond acceptors (Lipinski definition) is 5. The summed E-state index contributed by atoms with van der Waals surface area (Å²) in [6.45, 7) is 1.99. The summed E-state index contributed by atoms with van der Waals surface area (Å²) in [5, 5.41) is 1.37. The van der Waals surface area contributed by atoms with Crippen molar-refractivity contribution >= 4 is 45.0 Å². The number of hydrogen-bond donors (Lipinski definition) is 0. The fraction of sp³-hybridized carbons (Fsp3) is 0.176. The van der Waals surface area contributed by atoms with E-state index in [0.29, 0.717) is 32.3 Å². The van der Waals surface area contributed by atoms with Gasteiger partial charge < -0.3 is 14.2 Å². The lowest BCUT2D eigenvalue weighted by Gasteiger charge is -2.21. The third-order valence-electron chi connectivity index (χ3n) is 3.54. The van der Waals surface area contributed by atoms with Crippen LogP contribution in [0.3, 0.4) is 0 Å². The number of esters is 1. The molecule has 1 aliphatic rings. The molecule has 1 heterocycles. The maximum atomic E-state index is 12.0. The molecule has 0 bridgehead atoms. The van der Waals surface area contributed by atoms with Gasteiger partial charge in [-0.1, -0.05) is 12.1 Å². The van der Waals surface area contributed by atoms with Gasteiger partial charge in [0.25, 0.3) is 0 Å². The van der Waals surface area contributed by atoms with Crippen LogP contribution in [0.15, 0.2) is 28.4 Å². The van der Waals surface area contributed by atoms with Gasteiger partial charge in [0.2, 0.25) is 5.76 Å². The minimum Gasteiger partial charge on any atom is -0.496 e. The van der Waals surface area contributed by atoms with E-state index in [1.807, 2.05) is 0 Å². The summed E-state index contributed by atoms with van der Waals surface area (Å²) in [5.41, 5.74) is 1.25. The number of rotatable bonds is 4. The van der Waals surface area contributed by atoms with Crippen LogP contribution in [0.1, 0.15) is 22.8 Å². The second-order valence-electron chi connectivity index (χ2n) is 4.83. The molecule has 0 unspecified atom stereocenters. The molecule has 0 fully saturated rings. The average Bonchev–Trinajstić information content (AvgIpc) is 2.57. The number of halogens is 1. The SMILES string of the molecule is CCOC(=O)C1=Cc2ccc(C=O)c3c(OC)cc(Br)c(c23)O1. The van der Waals surface area contributed by atoms with Gasteiger partial charge in [0.1, 0.15) is 5.75 Å². The average molecular weight is 377 g/mol. The van der Waals surface area contributed by atoms with Gasteiger partial charge in [-0.25, -0.2) is 4.79 Å². The van der Waals surface area contributed by atoms with Crippen molar-refractivity contribution in [3.63, 3.8) is 0 Å². The zero-order valence-corrected chi connectivity index (χ0v) is 14.1. The highest BCUT2D eigenvalue weighted by Crippen LogP contribution is 2.46. The first-order chi connectivity index (χ1) is 11.1. The normalized spacial score (nSPS) is 12.4. The number of carbonyl (C=O) groups excluding carboxylic acids is 2. The standard InChI is InChI=1S/C17H13BrO5/c1-3-22-17(20)13-6-9-4-5-10(8-19)14-12(21-2)7-11(18)16(23-13)15(9)14/h4-8H,3H2,1-2H3. The van der Waals surface area contributed by atoms with E-state index in [-0.39, 0.29) is 12.4 Å². The van der Waals surface area contributed by atoms with Crippen LogP contribution in [-0.2, 0) is 9.53 Å². The van der Waals surface area contributed by atoms with E-state index in [1.165, 1.54) is 7.11 Å². The monoisotopic (exact) mass is 376 g/mol. The summed E-state index contributed by atoms with van der Waals surface area (Å²) in [6, 6.07) is 5.17. The minimum atomic E-state index is -0.534. The van der Waals surface area contributed by atoms with Crippen LogP contribution < -0.4 is 9.47 Å². The van der Waals surface area contributed by atoms with E-state index in [1.54, 1.807) is 31.2 Å². The van der Waals surface area contributed by atoms with E-state index in [9.17, 15) is 9.59 Å². The van der Waals surface area contributed by atoms with Gasteiger partial charge in [-0.2, -0.15) is 0 Å². The van der Waals surface area contributed by atoms with Gasteiger partial charge in [-0.05, 0) is 40.6 Å². The van der Waals surface area contributed by atoms with Crippen molar-refractivity contribution in [3.05, 3.63) is 39.6 Å². The third-order valence-corrected chi connectivity index (χ3v) is 4.13. The van der Waals surface area contributed by atoms with Gasteiger partial charge in [-0.3, -0.25) is 4.79 Å². The fourth-order valence-corrected chi connectivity index (χ4v) is 3.07. The molecular formula is C17H13BrO5. The van der Waals surface area contributed by atoms with E-state index in [2.05, 4.69) is 15.9 Å². The van der Waals surface area contributed by atoms with E-state index < -0.39 is 5.97 Å². The number of benzene rings is 2. The highest BCUT2D eigenvalue weighted by molar-refractivity contribution is 9.10. The molecular weight excluding hydrogens is 364 g/mol. The van der Waals surface area contributed by atoms with Crippen LogP contribution in [0.5, 0.6) is 11.5 Å². The Hall–Kier alpha value is -2.34. The molecule has 0 saturated heterocycles. The summed E-state index contributed by atoms with van der Waals surface area (Å²) >= 11 is 3.43. The molecule has 23 heavy (non-hydrogen) atoms. The molecule has 0 spiro atoms. The van der Waals surface area contributed by atoms with Crippen LogP contribution in [0.25, 0.3) is 16.8 Å². The van der Waals surface area contributed by atoms with Gasteiger partial charge in [0, 0.05) is 16.3 Å². The predicted molar refractivity (Wildman–Crippen MR) is 88.8 cm³/mol. The van der Waals surface area contributed by atoms with E-state index >= 15 is 0 Å². The molecule has 2 aromatic rings. The molecule has 0 saturated carbocycles. The highest BCUT2D eigenvalue weighted by Gasteiger charge is 2.26. The van der Waals surface area contributed by atoms with Crippen molar-refractivity contribution in [1.82, 2.24) is 0 Å². The van der Waals surface area contributed by atoms with E-state index in [0.717, 1.165) is 11.8 Å². The molecule has 5 nitrogen and oxygen atoms in total. The van der Waals surface area contributed by atoms with Crippen molar-refractivity contribution in [2.45, 2.75) is 6.92 Å². The van der Waals surface area contributed by atoms with Crippen LogP contribution >= 0.6 is 15.9 Å². The zero-order chi connectivity index (χ0) is 16.6. The Kier molecular flexibility index (Phi) is 4.09. The summed E-state index contributed by atoms with van der Waals surface area (Å²) in [6.07, 6.45) is 2.37. The maximum absolute atomic E-state index is 12.0. The fourth-order valence-electron chi connectivity index (χ4n) is 2.58. The minimum absolute atomic E-state index is 0.102. The van der Waals surface area contributed by atoms with Crippen molar-refractivity contribution in [2.75, 3.05) is 13.7 Å². The lowest BCUT2D eigenvalue weighted by Crippen LogP contribution is -2.15. The Morgan fingerprint density at radius 1 is 1.35 bits per heavy atom. The van der Waals surface area contributed by atoms with Gasteiger partial charge in [0.15, 0.2) is 12.0 Å². The van der Waals surface area contributed by atoms with Crippen molar-refractivity contribution in [3.8, 4) is 11.5 Å². The lowest BCUT2D eigenvalue weighted by molar-refractivity contribution is -0.140. The van der Waals surface area contributed by atoms with E-state index in [4.69, 9.17) is 14.2 Å². The largest absolute Gasteiger partial charge is 0.496 e. The number of ether oxygens (including phenoxy) is 3. The molecule has 0 amide bonds. The van der Waals surface area contributed by atoms with Gasteiger partial charge in [-0.15, -0.1) is 0 Å². The molecule has 3 rings (SSSR count). The molecule has 1 aliphatic heterocycles. The van der Waals surface area contributed by atoms with Crippen LogP contribution in [0.2, 0.25) is 0 Å². The Labute approximate surface area is 141 Å². The second kappa shape index (κ2) is 6.04. The molecule has 0 radical (unpaired) electrons. The predicted octanol–water partition coefficient (Wildman–Crippen LogP) is 3.72. The topological polar surface area (TPSA) is 61.8 Å². The highest BCUT2D eigenvalue weighted by atomic mass is 79.9. The van der Waals surface area contributed by atoms with Crippen molar-refractivity contribution in [2.24, 2.45) is 0 Å². The smallest absolute Gasteiger partial charge is 0.374 e. The molecule has 118 valence electrons. The van der Waals surface area contributed by atoms with Crippen LogP contribution in [0, 0.1) is 0 Å². The molecule has 0 aliphatic carbocycles. The first kappa shape index (κ1) is 15.6. The summed E-state index contributed by atoms with van der Waals surface area (Å²) in [4.78, 5) is 23.3. The van der Waals surface area contributed by atoms with Crippen molar-refractivity contribution < 1.29 is 23.8 Å². The van der Waals surface area contributed by atoms with Crippen molar-refractivity contribution in [1.29, 1.82) is 0 Å². The Bertz CT molecular complexity index is 854. The lowest BCUT2D eigenvalue weighted by atomic mass is 9.96. The first-order valence-electron chi connectivity index (χ1n) is 6.95. The van der Waals surface area contributed by atoms with Crippen LogP contribution in [-0.4, -0.2) is 26.0 Å². The summed E-state index contributed by atoms with van der Waals surface area (Å²) < 4.78 is 16.7. The van der Waals surface area contributed by atoms with Gasteiger partial charge >= 0.3 is 5.97 Å². The third kappa shape index (κ3) is 2.49. The second-order valence-corrected chi connectivity index (χ2v) is 5.69. The molecule has 0 aromatic heterocycles. The van der Waals surface area contributed by atoms with Crippen LogP contribution in [0.4, 0.5) is 0 Å². The number of carbonyl (C=O) groups is 2. The number of methoxy groups -OCH3 is 1. The number of aldehydes is 1. The summed E-state index contributed by atoms with van der Waals surface area (Å²) in [7, 11) is 1.54. The quantitative estimate of drug-likeness (QED) is 0.600. The summed E-state index contributed by atoms with van der Waals surface area (Å²) in [5.74, 6) is 0.583. The Balaban J connectivity index is 2.32. The van der Waals surface area contributed by atoms with Gasteiger partial charge in [0.05, 0.1) is 18.2 Å². The molecule has 2 aromatic carbocycles. The Morgan fingerprint density at radius 3 is 2.78 bits per heavy atom. The molecule has 6 heteroatoms. The maximum Gasteiger partial charge on any atom is 0.374 e.